The third-order valence-electron chi connectivity index (χ3n) is 8.27. The third-order valence-corrected chi connectivity index (χ3v) is 8.27. The molecular formula is C31H31N7O5. The van der Waals surface area contributed by atoms with E-state index in [0.717, 1.165) is 50.2 Å². The summed E-state index contributed by atoms with van der Waals surface area (Å²) >= 11 is 0. The number of fused-ring (bicyclic) bond motifs is 3. The predicted molar refractivity (Wildman–Crippen MR) is 158 cm³/mol. The molecule has 4 aromatic rings. The molecule has 43 heavy (non-hydrogen) atoms. The van der Waals surface area contributed by atoms with Crippen molar-refractivity contribution in [1.29, 1.82) is 0 Å². The van der Waals surface area contributed by atoms with Gasteiger partial charge in [-0.15, -0.1) is 5.06 Å². The van der Waals surface area contributed by atoms with Crippen molar-refractivity contribution >= 4 is 34.4 Å². The molecule has 3 N–H and O–H groups in total. The highest BCUT2D eigenvalue weighted by Crippen LogP contribution is 2.48. The van der Waals surface area contributed by atoms with Gasteiger partial charge in [-0.1, -0.05) is 18.7 Å². The van der Waals surface area contributed by atoms with Crippen LogP contribution in [-0.2, 0) is 22.5 Å². The van der Waals surface area contributed by atoms with Crippen LogP contribution in [0.1, 0.15) is 53.2 Å². The number of hydrogen-bond acceptors (Lipinski definition) is 10. The number of carbonyl (C=O) groups excluding carboxylic acids is 2. The van der Waals surface area contributed by atoms with Crippen molar-refractivity contribution in [3.05, 3.63) is 66.0 Å². The fourth-order valence-corrected chi connectivity index (χ4v) is 6.27. The maximum Gasteiger partial charge on any atom is 0.349 e. The van der Waals surface area contributed by atoms with E-state index in [1.807, 2.05) is 22.9 Å². The Morgan fingerprint density at radius 3 is 2.84 bits per heavy atom. The van der Waals surface area contributed by atoms with Gasteiger partial charge in [0.2, 0.25) is 6.79 Å². The number of nitrogens with zero attached hydrogens (tertiary/aromatic N) is 5. The molecule has 1 amide bonds. The van der Waals surface area contributed by atoms with Gasteiger partial charge in [0.1, 0.15) is 17.8 Å². The van der Waals surface area contributed by atoms with Gasteiger partial charge in [0.05, 0.1) is 23.7 Å². The summed E-state index contributed by atoms with van der Waals surface area (Å²) in [5.74, 6) is 0.457. The first-order chi connectivity index (χ1) is 21.0. The van der Waals surface area contributed by atoms with Crippen molar-refractivity contribution in [2.75, 3.05) is 30.9 Å². The summed E-state index contributed by atoms with van der Waals surface area (Å²) in [5, 5.41) is 10.2. The van der Waals surface area contributed by atoms with Crippen molar-refractivity contribution in [1.82, 2.24) is 24.8 Å². The van der Waals surface area contributed by atoms with Gasteiger partial charge in [-0.05, 0) is 67.9 Å². The summed E-state index contributed by atoms with van der Waals surface area (Å²) in [6.45, 7) is 4.50. The lowest BCUT2D eigenvalue weighted by atomic mass is 9.88. The Bertz CT molecular complexity index is 1770. The van der Waals surface area contributed by atoms with Crippen LogP contribution in [0.25, 0.3) is 22.3 Å². The number of nitrogen functional groups attached to an aromatic ring is 1. The Hall–Kier alpha value is -4.97. The largest absolute Gasteiger partial charge is 0.453 e. The van der Waals surface area contributed by atoms with Gasteiger partial charge in [-0.2, -0.15) is 5.10 Å². The SMILES string of the molecule is C=CC(=O)ON1CCC[C@@H](n2nc(-c3ccc(NC(=O)c4cccc5c4CCCC5)c4c3OCO4)c3c(N)ncnc32)C1. The van der Waals surface area contributed by atoms with E-state index in [1.165, 1.54) is 11.9 Å². The number of piperidine rings is 1. The van der Waals surface area contributed by atoms with Crippen LogP contribution in [-0.4, -0.2) is 56.6 Å². The number of nitrogens with two attached hydrogens (primary N) is 1. The summed E-state index contributed by atoms with van der Waals surface area (Å²) in [6.07, 6.45) is 8.23. The zero-order chi connectivity index (χ0) is 29.5. The summed E-state index contributed by atoms with van der Waals surface area (Å²) < 4.78 is 13.6. The standard InChI is InChI=1S/C31H31N7O5/c1-2-24(39)43-37-14-6-9-19(15-37)38-30-25(29(32)33-16-34-30)26(36-38)22-12-13-23(28-27(22)41-17-42-28)35-31(40)21-11-5-8-18-7-3-4-10-20(18)21/h2,5,8,11-13,16,19H,1,3-4,6-7,9-10,14-15,17H2,(H,35,40)(H2,32,33,34)/t19-/m1/s1. The molecule has 220 valence electrons. The normalized spacial score (nSPS) is 17.8. The van der Waals surface area contributed by atoms with Crippen LogP contribution in [0.5, 0.6) is 11.5 Å². The Morgan fingerprint density at radius 2 is 1.95 bits per heavy atom. The lowest BCUT2D eigenvalue weighted by molar-refractivity contribution is -0.191. The molecule has 0 unspecified atom stereocenters. The highest BCUT2D eigenvalue weighted by molar-refractivity contribution is 6.07. The first kappa shape index (κ1) is 26.9. The number of hydroxylamine groups is 2. The average Bonchev–Trinajstić information content (AvgIpc) is 3.68. The quantitative estimate of drug-likeness (QED) is 0.317. The molecule has 7 rings (SSSR count). The number of carbonyl (C=O) groups is 2. The van der Waals surface area contributed by atoms with Crippen LogP contribution in [0.2, 0.25) is 0 Å². The fraction of sp³-hybridized carbons (Fsp3) is 0.323. The van der Waals surface area contributed by atoms with Gasteiger partial charge in [0.25, 0.3) is 5.91 Å². The predicted octanol–water partition coefficient (Wildman–Crippen LogP) is 4.22. The molecule has 4 heterocycles. The molecule has 0 radical (unpaired) electrons. The zero-order valence-electron chi connectivity index (χ0n) is 23.5. The van der Waals surface area contributed by atoms with E-state index in [2.05, 4.69) is 27.9 Å². The molecule has 0 bridgehead atoms. The molecule has 1 fully saturated rings. The summed E-state index contributed by atoms with van der Waals surface area (Å²) in [6, 6.07) is 9.40. The number of ether oxygens (including phenoxy) is 2. The first-order valence-electron chi connectivity index (χ1n) is 14.4. The molecule has 2 aromatic heterocycles. The Kier molecular flexibility index (Phi) is 6.90. The molecule has 1 atom stereocenters. The zero-order valence-corrected chi connectivity index (χ0v) is 23.5. The number of aromatic nitrogens is 4. The van der Waals surface area contributed by atoms with Gasteiger partial charge >= 0.3 is 5.97 Å². The van der Waals surface area contributed by atoms with E-state index in [0.29, 0.717) is 58.1 Å². The van der Waals surface area contributed by atoms with Gasteiger partial charge in [0, 0.05) is 23.7 Å². The average molecular weight is 582 g/mol. The summed E-state index contributed by atoms with van der Waals surface area (Å²) in [4.78, 5) is 39.4. The van der Waals surface area contributed by atoms with E-state index >= 15 is 0 Å². The second kappa shape index (κ2) is 11.0. The van der Waals surface area contributed by atoms with Crippen LogP contribution in [0.15, 0.2) is 49.3 Å². The van der Waals surface area contributed by atoms with Crippen LogP contribution >= 0.6 is 0 Å². The Labute approximate surface area is 247 Å². The molecule has 0 saturated carbocycles. The molecule has 0 spiro atoms. The van der Waals surface area contributed by atoms with Crippen LogP contribution in [0.4, 0.5) is 11.5 Å². The van der Waals surface area contributed by atoms with Crippen LogP contribution < -0.4 is 20.5 Å². The van der Waals surface area contributed by atoms with E-state index in [1.54, 1.807) is 11.1 Å². The van der Waals surface area contributed by atoms with Crippen molar-refractivity contribution in [3.8, 4) is 22.8 Å². The summed E-state index contributed by atoms with van der Waals surface area (Å²) in [5.41, 5.74) is 11.7. The van der Waals surface area contributed by atoms with Crippen molar-refractivity contribution in [3.63, 3.8) is 0 Å². The number of hydrogen-bond donors (Lipinski definition) is 2. The van der Waals surface area contributed by atoms with Crippen molar-refractivity contribution < 1.29 is 23.9 Å². The number of benzene rings is 2. The second-order valence-electron chi connectivity index (χ2n) is 10.9. The monoisotopic (exact) mass is 581 g/mol. The van der Waals surface area contributed by atoms with Crippen LogP contribution in [0.3, 0.4) is 0 Å². The molecule has 1 aliphatic carbocycles. The molecule has 2 aromatic carbocycles. The lowest BCUT2D eigenvalue weighted by Gasteiger charge is -2.31. The van der Waals surface area contributed by atoms with E-state index < -0.39 is 5.97 Å². The Balaban J connectivity index is 1.24. The number of amides is 1. The molecule has 12 nitrogen and oxygen atoms in total. The maximum atomic E-state index is 13.5. The topological polar surface area (TPSA) is 147 Å². The van der Waals surface area contributed by atoms with E-state index in [4.69, 9.17) is 25.1 Å². The molecule has 12 heteroatoms. The minimum absolute atomic E-state index is 0.00711. The fourth-order valence-electron chi connectivity index (χ4n) is 6.27. The van der Waals surface area contributed by atoms with Crippen LogP contribution in [0, 0.1) is 0 Å². The van der Waals surface area contributed by atoms with Gasteiger partial charge in [-0.3, -0.25) is 4.79 Å². The number of nitrogens with one attached hydrogen (secondary N) is 1. The molecule has 2 aliphatic heterocycles. The van der Waals surface area contributed by atoms with E-state index in [9.17, 15) is 9.59 Å². The van der Waals surface area contributed by atoms with Gasteiger partial charge in [-0.25, -0.2) is 19.4 Å². The second-order valence-corrected chi connectivity index (χ2v) is 10.9. The number of aryl methyl sites for hydroxylation is 1. The van der Waals surface area contributed by atoms with E-state index in [-0.39, 0.29) is 24.6 Å². The minimum atomic E-state index is -0.509. The molecular weight excluding hydrogens is 550 g/mol. The van der Waals surface area contributed by atoms with Crippen molar-refractivity contribution in [2.24, 2.45) is 0 Å². The van der Waals surface area contributed by atoms with Gasteiger partial charge < -0.3 is 25.4 Å². The lowest BCUT2D eigenvalue weighted by Crippen LogP contribution is -2.38. The number of anilines is 2. The minimum Gasteiger partial charge on any atom is -0.453 e. The third kappa shape index (κ3) is 4.83. The molecule has 3 aliphatic rings. The number of rotatable bonds is 6. The van der Waals surface area contributed by atoms with Crippen molar-refractivity contribution in [2.45, 2.75) is 44.6 Å². The first-order valence-corrected chi connectivity index (χ1v) is 14.4. The molecule has 1 saturated heterocycles. The Morgan fingerprint density at radius 1 is 1.09 bits per heavy atom. The highest BCUT2D eigenvalue weighted by Gasteiger charge is 2.31. The highest BCUT2D eigenvalue weighted by atomic mass is 16.7. The van der Waals surface area contributed by atoms with Gasteiger partial charge in [0.15, 0.2) is 17.1 Å². The summed E-state index contributed by atoms with van der Waals surface area (Å²) in [7, 11) is 0. The maximum absolute atomic E-state index is 13.5. The smallest absolute Gasteiger partial charge is 0.349 e.